The molecule has 0 unspecified atom stereocenters. The molecule has 0 saturated heterocycles. The zero-order valence-electron chi connectivity index (χ0n) is 17.0. The van der Waals surface area contributed by atoms with Gasteiger partial charge in [0.05, 0.1) is 30.4 Å². The summed E-state index contributed by atoms with van der Waals surface area (Å²) in [5, 5.41) is 27.8. The van der Waals surface area contributed by atoms with Crippen LogP contribution >= 0.6 is 0 Å². The Labute approximate surface area is 179 Å². The maximum absolute atomic E-state index is 11.6. The number of benzene rings is 5. The zero-order chi connectivity index (χ0) is 21.5. The zero-order valence-corrected chi connectivity index (χ0v) is 17.0. The van der Waals surface area contributed by atoms with Crippen LogP contribution in [0.25, 0.3) is 43.1 Å². The fraction of sp³-hybridized carbons (Fsp3) is 0.148. The summed E-state index contributed by atoms with van der Waals surface area (Å²) >= 11 is 0. The number of carbonyl (C=O) groups is 1. The van der Waals surface area contributed by atoms with Gasteiger partial charge in [-0.1, -0.05) is 42.5 Å². The van der Waals surface area contributed by atoms with Crippen LogP contribution in [0.2, 0.25) is 0 Å². The number of hydrogen-bond donors (Lipinski definition) is 0. The molecule has 5 aromatic rings. The van der Waals surface area contributed by atoms with Crippen LogP contribution < -0.4 is 0 Å². The molecule has 31 heavy (non-hydrogen) atoms. The Morgan fingerprint density at radius 3 is 2.10 bits per heavy atom. The van der Waals surface area contributed by atoms with Crippen LogP contribution in [0.5, 0.6) is 0 Å². The molecule has 0 heterocycles. The maximum atomic E-state index is 11.6. The molecule has 0 amide bonds. The first-order chi connectivity index (χ1) is 15.2. The number of nitriles is 2. The van der Waals surface area contributed by atoms with E-state index in [1.807, 2.05) is 36.4 Å². The van der Waals surface area contributed by atoms with Crippen LogP contribution in [0.15, 0.2) is 54.6 Å². The van der Waals surface area contributed by atoms with Gasteiger partial charge >= 0.3 is 5.97 Å². The smallest absolute Gasteiger partial charge is 0.305 e. The van der Waals surface area contributed by atoms with E-state index in [2.05, 4.69) is 30.3 Å². The van der Waals surface area contributed by atoms with Crippen LogP contribution in [-0.2, 0) is 16.0 Å². The number of aryl methyl sites for hydroxylation is 1. The molecule has 0 aromatic heterocycles. The van der Waals surface area contributed by atoms with Crippen molar-refractivity contribution in [1.82, 2.24) is 0 Å². The number of rotatable bonds is 4. The van der Waals surface area contributed by atoms with Gasteiger partial charge in [0.1, 0.15) is 0 Å². The molecule has 4 heteroatoms. The number of fused-ring (bicyclic) bond motifs is 2. The second kappa shape index (κ2) is 7.27. The molecule has 0 aliphatic carbocycles. The third-order valence-electron chi connectivity index (χ3n) is 6.16. The average molecular weight is 402 g/mol. The van der Waals surface area contributed by atoms with E-state index in [0.717, 1.165) is 48.7 Å². The summed E-state index contributed by atoms with van der Waals surface area (Å²) in [5.41, 5.74) is 2.36. The van der Waals surface area contributed by atoms with Gasteiger partial charge in [0, 0.05) is 17.2 Å². The summed E-state index contributed by atoms with van der Waals surface area (Å²) < 4.78 is 4.76. The minimum atomic E-state index is -0.225. The highest BCUT2D eigenvalue weighted by atomic mass is 16.5. The first-order valence-corrected chi connectivity index (χ1v) is 10.2. The highest BCUT2D eigenvalue weighted by Gasteiger charge is 2.18. The number of esters is 1. The largest absolute Gasteiger partial charge is 0.469 e. The molecule has 5 aromatic carbocycles. The molecule has 148 valence electrons. The van der Waals surface area contributed by atoms with Crippen molar-refractivity contribution in [2.75, 3.05) is 7.11 Å². The van der Waals surface area contributed by atoms with Gasteiger partial charge < -0.3 is 4.74 Å². The summed E-state index contributed by atoms with van der Waals surface area (Å²) in [5.74, 6) is -0.225. The second-order valence-corrected chi connectivity index (χ2v) is 7.73. The Kier molecular flexibility index (Phi) is 4.42. The number of methoxy groups -OCH3 is 1. The molecule has 0 saturated carbocycles. The fourth-order valence-corrected chi connectivity index (χ4v) is 4.80. The fourth-order valence-electron chi connectivity index (χ4n) is 4.80. The van der Waals surface area contributed by atoms with Gasteiger partial charge in [-0.3, -0.25) is 4.79 Å². The van der Waals surface area contributed by atoms with Crippen molar-refractivity contribution in [3.8, 4) is 12.1 Å². The van der Waals surface area contributed by atoms with E-state index < -0.39 is 0 Å². The molecule has 0 fully saturated rings. The summed E-state index contributed by atoms with van der Waals surface area (Å²) in [6.45, 7) is 0. The van der Waals surface area contributed by atoms with Gasteiger partial charge in [-0.2, -0.15) is 10.5 Å². The Morgan fingerprint density at radius 2 is 1.39 bits per heavy atom. The Hall–Kier alpha value is -4.15. The van der Waals surface area contributed by atoms with E-state index in [0.29, 0.717) is 30.4 Å². The Bertz CT molecular complexity index is 1570. The van der Waals surface area contributed by atoms with Gasteiger partial charge in [0.25, 0.3) is 0 Å². The summed E-state index contributed by atoms with van der Waals surface area (Å²) in [6.07, 6.45) is 1.70. The lowest BCUT2D eigenvalue weighted by molar-refractivity contribution is -0.140. The van der Waals surface area contributed by atoms with Crippen LogP contribution in [0.1, 0.15) is 29.5 Å². The van der Waals surface area contributed by atoms with E-state index in [1.165, 1.54) is 7.11 Å². The van der Waals surface area contributed by atoms with Crippen LogP contribution in [0.3, 0.4) is 0 Å². The highest BCUT2D eigenvalue weighted by Crippen LogP contribution is 2.42. The highest BCUT2D eigenvalue weighted by molar-refractivity contribution is 6.34. The van der Waals surface area contributed by atoms with Crippen molar-refractivity contribution in [2.24, 2.45) is 0 Å². The van der Waals surface area contributed by atoms with E-state index >= 15 is 0 Å². The topological polar surface area (TPSA) is 73.9 Å². The molecule has 0 aliphatic rings. The van der Waals surface area contributed by atoms with Gasteiger partial charge in [-0.05, 0) is 62.9 Å². The summed E-state index contributed by atoms with van der Waals surface area (Å²) in [6, 6.07) is 22.7. The molecule has 0 N–H and O–H groups in total. The van der Waals surface area contributed by atoms with Crippen molar-refractivity contribution in [1.29, 1.82) is 10.5 Å². The third kappa shape index (κ3) is 2.77. The number of ether oxygens (including phenoxy) is 1. The monoisotopic (exact) mass is 402 g/mol. The van der Waals surface area contributed by atoms with Gasteiger partial charge in [0.15, 0.2) is 0 Å². The number of carbonyl (C=O) groups excluding carboxylic acids is 1. The second-order valence-electron chi connectivity index (χ2n) is 7.73. The van der Waals surface area contributed by atoms with Gasteiger partial charge in [0.2, 0.25) is 0 Å². The molecule has 0 bridgehead atoms. The van der Waals surface area contributed by atoms with Crippen molar-refractivity contribution >= 4 is 49.1 Å². The summed E-state index contributed by atoms with van der Waals surface area (Å²) in [7, 11) is 1.40. The molecule has 5 rings (SSSR count). The van der Waals surface area contributed by atoms with Crippen LogP contribution in [0, 0.1) is 22.7 Å². The third-order valence-corrected chi connectivity index (χ3v) is 6.16. The van der Waals surface area contributed by atoms with Crippen LogP contribution in [-0.4, -0.2) is 13.1 Å². The Morgan fingerprint density at radius 1 is 0.774 bits per heavy atom. The first-order valence-electron chi connectivity index (χ1n) is 10.2. The van der Waals surface area contributed by atoms with E-state index in [1.54, 1.807) is 0 Å². The molecule has 0 aliphatic heterocycles. The predicted octanol–water partition coefficient (Wildman–Crippen LogP) is 5.98. The summed E-state index contributed by atoms with van der Waals surface area (Å²) in [4.78, 5) is 11.6. The normalized spacial score (nSPS) is 11.2. The quantitative estimate of drug-likeness (QED) is 0.211. The minimum absolute atomic E-state index is 0.225. The lowest BCUT2D eigenvalue weighted by Crippen LogP contribution is -2.01. The molecular formula is C27H18N2O2. The molecular weight excluding hydrogens is 384 g/mol. The first kappa shape index (κ1) is 18.9. The molecule has 0 spiro atoms. The Balaban J connectivity index is 1.87. The lowest BCUT2D eigenvalue weighted by atomic mass is 9.85. The SMILES string of the molecule is COC(=O)CCCc1ccc2c3cccc4c(C#N)ccc(c5ccc(C#N)c1c52)c43. The van der Waals surface area contributed by atoms with Gasteiger partial charge in [-0.25, -0.2) is 0 Å². The number of nitrogens with zero attached hydrogens (tertiary/aromatic N) is 2. The standard InChI is InChI=1S/C27H18N2O2/c1-31-24(30)7-2-4-16-8-11-22-20-6-3-5-19-17(14-28)9-12-21(26(19)20)23-13-10-18(15-29)25(16)27(22)23/h3,5-6,8-13H,2,4,7H2,1H3. The molecule has 0 atom stereocenters. The van der Waals surface area contributed by atoms with Crippen molar-refractivity contribution in [3.63, 3.8) is 0 Å². The van der Waals surface area contributed by atoms with Crippen molar-refractivity contribution in [3.05, 3.63) is 71.3 Å². The lowest BCUT2D eigenvalue weighted by Gasteiger charge is -2.17. The van der Waals surface area contributed by atoms with Crippen molar-refractivity contribution < 1.29 is 9.53 Å². The minimum Gasteiger partial charge on any atom is -0.469 e. The van der Waals surface area contributed by atoms with Crippen molar-refractivity contribution in [2.45, 2.75) is 19.3 Å². The molecule has 4 nitrogen and oxygen atoms in total. The van der Waals surface area contributed by atoms with Crippen LogP contribution in [0.4, 0.5) is 0 Å². The maximum Gasteiger partial charge on any atom is 0.305 e. The average Bonchev–Trinajstić information content (AvgIpc) is 2.82. The number of hydrogen-bond acceptors (Lipinski definition) is 4. The van der Waals surface area contributed by atoms with E-state index in [4.69, 9.17) is 4.74 Å². The molecule has 0 radical (unpaired) electrons. The van der Waals surface area contributed by atoms with E-state index in [9.17, 15) is 15.3 Å². The predicted molar refractivity (Wildman–Crippen MR) is 122 cm³/mol. The van der Waals surface area contributed by atoms with Gasteiger partial charge in [-0.15, -0.1) is 0 Å². The van der Waals surface area contributed by atoms with E-state index in [-0.39, 0.29) is 5.97 Å².